The van der Waals surface area contributed by atoms with Gasteiger partial charge < -0.3 is 10.2 Å². The monoisotopic (exact) mass is 419 g/mol. The number of nitrogens with one attached hydrogen (secondary N) is 1. The summed E-state index contributed by atoms with van der Waals surface area (Å²) in [6, 6.07) is 14.6. The third-order valence-corrected chi connectivity index (χ3v) is 5.93. The van der Waals surface area contributed by atoms with Crippen molar-refractivity contribution < 1.29 is 13.2 Å². The topological polar surface area (TPSA) is 18.5 Å². The average Bonchev–Trinajstić information content (AvgIpc) is 2.75. The van der Waals surface area contributed by atoms with Crippen molar-refractivity contribution in [2.24, 2.45) is 0 Å². The first kappa shape index (κ1) is 22.6. The van der Waals surface area contributed by atoms with E-state index < -0.39 is 11.7 Å². The lowest BCUT2D eigenvalue weighted by Crippen LogP contribution is -2.49. The minimum atomic E-state index is -4.30. The zero-order valence-electron chi connectivity index (χ0n) is 17.9. The van der Waals surface area contributed by atoms with Crippen molar-refractivity contribution in [1.82, 2.24) is 10.2 Å². The molecule has 1 N–H and O–H groups in total. The normalized spacial score (nSPS) is 16.4. The molecule has 0 bridgehead atoms. The third-order valence-electron chi connectivity index (χ3n) is 5.93. The molecule has 1 saturated heterocycles. The Hall–Kier alpha value is -2.05. The first-order chi connectivity index (χ1) is 14.4. The highest BCUT2D eigenvalue weighted by Gasteiger charge is 2.31. The molecule has 0 aromatic heterocycles. The molecule has 3 nitrogen and oxygen atoms in total. The summed E-state index contributed by atoms with van der Waals surface area (Å²) in [7, 11) is 0. The molecule has 1 heterocycles. The van der Waals surface area contributed by atoms with Crippen molar-refractivity contribution in [3.8, 4) is 0 Å². The van der Waals surface area contributed by atoms with E-state index in [2.05, 4.69) is 53.2 Å². The molecule has 164 valence electrons. The van der Waals surface area contributed by atoms with Gasteiger partial charge in [0.1, 0.15) is 0 Å². The number of hydrogen-bond acceptors (Lipinski definition) is 3. The van der Waals surface area contributed by atoms with E-state index >= 15 is 0 Å². The molecule has 1 aliphatic heterocycles. The maximum atomic E-state index is 13.1. The Balaban J connectivity index is 1.78. The van der Waals surface area contributed by atoms with Crippen molar-refractivity contribution >= 4 is 5.69 Å². The van der Waals surface area contributed by atoms with Crippen LogP contribution in [0.15, 0.2) is 48.5 Å². The number of nitrogens with zero attached hydrogens (tertiary/aromatic N) is 2. The van der Waals surface area contributed by atoms with Gasteiger partial charge in [-0.05, 0) is 56.0 Å². The molecule has 0 spiro atoms. The molecule has 0 saturated carbocycles. The lowest BCUT2D eigenvalue weighted by molar-refractivity contribution is -0.137. The van der Waals surface area contributed by atoms with Crippen LogP contribution in [0.5, 0.6) is 0 Å². The molecular weight excluding hydrogens is 387 g/mol. The maximum absolute atomic E-state index is 13.1. The SMILES string of the molecule is CCN(CC)c1ccc(CC(Cc2cccc(C(F)(F)F)c2)N2CCNCC2)cc1. The van der Waals surface area contributed by atoms with E-state index in [1.54, 1.807) is 0 Å². The van der Waals surface area contributed by atoms with E-state index in [9.17, 15) is 13.2 Å². The number of piperazine rings is 1. The fourth-order valence-corrected chi connectivity index (χ4v) is 4.23. The summed E-state index contributed by atoms with van der Waals surface area (Å²) in [5.41, 5.74) is 2.61. The number of anilines is 1. The van der Waals surface area contributed by atoms with Crippen LogP contribution in [0.25, 0.3) is 0 Å². The Kier molecular flexibility index (Phi) is 7.78. The average molecular weight is 420 g/mol. The minimum absolute atomic E-state index is 0.176. The van der Waals surface area contributed by atoms with Gasteiger partial charge in [-0.3, -0.25) is 4.90 Å². The van der Waals surface area contributed by atoms with Crippen molar-refractivity contribution in [2.75, 3.05) is 44.2 Å². The number of benzene rings is 2. The van der Waals surface area contributed by atoms with Crippen LogP contribution in [0.3, 0.4) is 0 Å². The molecule has 3 rings (SSSR count). The van der Waals surface area contributed by atoms with Crippen LogP contribution < -0.4 is 10.2 Å². The second-order valence-corrected chi connectivity index (χ2v) is 7.88. The van der Waals surface area contributed by atoms with Gasteiger partial charge in [-0.15, -0.1) is 0 Å². The number of rotatable bonds is 8. The molecule has 1 aliphatic rings. The smallest absolute Gasteiger partial charge is 0.372 e. The standard InChI is InChI=1S/C24H32F3N3/c1-3-29(4-2)22-10-8-19(9-11-22)17-23(30-14-12-28-13-15-30)18-20-6-5-7-21(16-20)24(25,26)27/h5-11,16,23,28H,3-4,12-15,17-18H2,1-2H3. The Bertz CT molecular complexity index is 779. The lowest BCUT2D eigenvalue weighted by atomic mass is 9.95. The van der Waals surface area contributed by atoms with Gasteiger partial charge in [-0.2, -0.15) is 13.2 Å². The largest absolute Gasteiger partial charge is 0.416 e. The van der Waals surface area contributed by atoms with Crippen LogP contribution in [0.4, 0.5) is 18.9 Å². The van der Waals surface area contributed by atoms with E-state index in [-0.39, 0.29) is 6.04 Å². The molecule has 30 heavy (non-hydrogen) atoms. The van der Waals surface area contributed by atoms with E-state index in [4.69, 9.17) is 0 Å². The quantitative estimate of drug-likeness (QED) is 0.674. The molecule has 2 aromatic carbocycles. The highest BCUT2D eigenvalue weighted by molar-refractivity contribution is 5.47. The summed E-state index contributed by atoms with van der Waals surface area (Å²) in [5.74, 6) is 0. The van der Waals surface area contributed by atoms with Crippen LogP contribution in [-0.4, -0.2) is 50.2 Å². The summed E-state index contributed by atoms with van der Waals surface area (Å²) < 4.78 is 39.4. The summed E-state index contributed by atoms with van der Waals surface area (Å²) in [5, 5.41) is 3.36. The zero-order chi connectivity index (χ0) is 21.6. The number of hydrogen-bond donors (Lipinski definition) is 1. The van der Waals surface area contributed by atoms with Crippen LogP contribution >= 0.6 is 0 Å². The summed E-state index contributed by atoms with van der Waals surface area (Å²) in [6.07, 6.45) is -2.86. The van der Waals surface area contributed by atoms with Gasteiger partial charge in [-0.25, -0.2) is 0 Å². The number of halogens is 3. The highest BCUT2D eigenvalue weighted by Crippen LogP contribution is 2.30. The van der Waals surface area contributed by atoms with Gasteiger partial charge in [-0.1, -0.05) is 30.3 Å². The molecule has 0 radical (unpaired) electrons. The molecule has 0 amide bonds. The predicted molar refractivity (Wildman–Crippen MR) is 117 cm³/mol. The second kappa shape index (κ2) is 10.3. The van der Waals surface area contributed by atoms with E-state index in [1.807, 2.05) is 6.07 Å². The van der Waals surface area contributed by atoms with Gasteiger partial charge in [0.2, 0.25) is 0 Å². The molecular formula is C24H32F3N3. The Morgan fingerprint density at radius 3 is 2.17 bits per heavy atom. The van der Waals surface area contributed by atoms with Crippen molar-refractivity contribution in [2.45, 2.75) is 38.9 Å². The Morgan fingerprint density at radius 1 is 0.933 bits per heavy atom. The molecule has 6 heteroatoms. The molecule has 1 atom stereocenters. The minimum Gasteiger partial charge on any atom is -0.372 e. The van der Waals surface area contributed by atoms with E-state index in [1.165, 1.54) is 23.4 Å². The first-order valence-electron chi connectivity index (χ1n) is 10.9. The van der Waals surface area contributed by atoms with Gasteiger partial charge in [0.15, 0.2) is 0 Å². The second-order valence-electron chi connectivity index (χ2n) is 7.88. The summed E-state index contributed by atoms with van der Waals surface area (Å²) in [4.78, 5) is 4.72. The van der Waals surface area contributed by atoms with Gasteiger partial charge in [0.05, 0.1) is 5.56 Å². The van der Waals surface area contributed by atoms with Gasteiger partial charge in [0, 0.05) is 51.0 Å². The van der Waals surface area contributed by atoms with Crippen molar-refractivity contribution in [1.29, 1.82) is 0 Å². The predicted octanol–water partition coefficient (Wildman–Crippen LogP) is 4.61. The van der Waals surface area contributed by atoms with E-state index in [0.717, 1.165) is 57.3 Å². The van der Waals surface area contributed by atoms with Gasteiger partial charge >= 0.3 is 6.18 Å². The van der Waals surface area contributed by atoms with Crippen LogP contribution in [0.1, 0.15) is 30.5 Å². The highest BCUT2D eigenvalue weighted by atomic mass is 19.4. The molecule has 0 aliphatic carbocycles. The van der Waals surface area contributed by atoms with E-state index in [0.29, 0.717) is 6.42 Å². The maximum Gasteiger partial charge on any atom is 0.416 e. The van der Waals surface area contributed by atoms with Crippen molar-refractivity contribution in [3.05, 3.63) is 65.2 Å². The molecule has 2 aromatic rings. The first-order valence-corrected chi connectivity index (χ1v) is 10.9. The fraction of sp³-hybridized carbons (Fsp3) is 0.500. The summed E-state index contributed by atoms with van der Waals surface area (Å²) in [6.45, 7) is 9.89. The molecule has 1 fully saturated rings. The lowest BCUT2D eigenvalue weighted by Gasteiger charge is -2.35. The van der Waals surface area contributed by atoms with Crippen LogP contribution in [0.2, 0.25) is 0 Å². The Morgan fingerprint density at radius 2 is 1.57 bits per heavy atom. The fourth-order valence-electron chi connectivity index (χ4n) is 4.23. The Labute approximate surface area is 177 Å². The molecule has 1 unspecified atom stereocenters. The van der Waals surface area contributed by atoms with Crippen molar-refractivity contribution in [3.63, 3.8) is 0 Å². The summed E-state index contributed by atoms with van der Waals surface area (Å²) >= 11 is 0. The van der Waals surface area contributed by atoms with Gasteiger partial charge in [0.25, 0.3) is 0 Å². The zero-order valence-corrected chi connectivity index (χ0v) is 17.9. The third kappa shape index (κ3) is 5.99. The van der Waals surface area contributed by atoms with Crippen LogP contribution in [0, 0.1) is 0 Å². The van der Waals surface area contributed by atoms with Crippen LogP contribution in [-0.2, 0) is 19.0 Å². The number of alkyl halides is 3.